The SMILES string of the molecule is CCNC(=NCc1cccc(COC)c1)NC1CC2CCC1O2. The average Bonchev–Trinajstić information content (AvgIpc) is 3.16. The van der Waals surface area contributed by atoms with Crippen LogP contribution in [-0.4, -0.2) is 37.9 Å². The molecule has 23 heavy (non-hydrogen) atoms. The number of methoxy groups -OCH3 is 1. The molecule has 0 aliphatic carbocycles. The summed E-state index contributed by atoms with van der Waals surface area (Å²) >= 11 is 0. The van der Waals surface area contributed by atoms with E-state index in [1.807, 2.05) is 0 Å². The van der Waals surface area contributed by atoms with Crippen molar-refractivity contribution >= 4 is 5.96 Å². The molecule has 3 atom stereocenters. The minimum atomic E-state index is 0.355. The highest BCUT2D eigenvalue weighted by molar-refractivity contribution is 5.80. The molecule has 0 amide bonds. The first kappa shape index (κ1) is 16.3. The van der Waals surface area contributed by atoms with Gasteiger partial charge in [0.15, 0.2) is 5.96 Å². The third kappa shape index (κ3) is 4.24. The normalized spacial score (nSPS) is 26.5. The van der Waals surface area contributed by atoms with Crippen LogP contribution in [0.5, 0.6) is 0 Å². The number of hydrogen-bond acceptors (Lipinski definition) is 3. The van der Waals surface area contributed by atoms with Gasteiger partial charge >= 0.3 is 0 Å². The number of benzene rings is 1. The number of guanidine groups is 1. The van der Waals surface area contributed by atoms with Crippen LogP contribution in [0, 0.1) is 0 Å². The minimum absolute atomic E-state index is 0.355. The fourth-order valence-corrected chi connectivity index (χ4v) is 3.44. The molecule has 5 nitrogen and oxygen atoms in total. The summed E-state index contributed by atoms with van der Waals surface area (Å²) in [6.45, 7) is 4.25. The van der Waals surface area contributed by atoms with E-state index in [1.165, 1.54) is 24.0 Å². The van der Waals surface area contributed by atoms with E-state index < -0.39 is 0 Å². The molecule has 2 bridgehead atoms. The highest BCUT2D eigenvalue weighted by Crippen LogP contribution is 2.34. The number of hydrogen-bond donors (Lipinski definition) is 2. The van der Waals surface area contributed by atoms with Crippen molar-refractivity contribution in [3.05, 3.63) is 35.4 Å². The zero-order valence-electron chi connectivity index (χ0n) is 14.0. The van der Waals surface area contributed by atoms with Crippen LogP contribution in [-0.2, 0) is 22.6 Å². The molecule has 2 aliphatic rings. The van der Waals surface area contributed by atoms with Gasteiger partial charge in [-0.3, -0.25) is 0 Å². The average molecular weight is 317 g/mol. The fraction of sp³-hybridized carbons (Fsp3) is 0.611. The van der Waals surface area contributed by atoms with E-state index in [0.717, 1.165) is 18.9 Å². The molecule has 2 fully saturated rings. The fourth-order valence-electron chi connectivity index (χ4n) is 3.44. The smallest absolute Gasteiger partial charge is 0.191 e. The number of rotatable bonds is 6. The monoisotopic (exact) mass is 317 g/mol. The van der Waals surface area contributed by atoms with Gasteiger partial charge in [-0.1, -0.05) is 24.3 Å². The Morgan fingerprint density at radius 3 is 2.91 bits per heavy atom. The Labute approximate surface area is 138 Å². The topological polar surface area (TPSA) is 54.9 Å². The lowest BCUT2D eigenvalue weighted by molar-refractivity contribution is 0.0992. The quantitative estimate of drug-likeness (QED) is 0.624. The van der Waals surface area contributed by atoms with Crippen LogP contribution in [0.1, 0.15) is 37.3 Å². The molecule has 2 N–H and O–H groups in total. The summed E-state index contributed by atoms with van der Waals surface area (Å²) in [6.07, 6.45) is 4.28. The first-order valence-corrected chi connectivity index (χ1v) is 8.55. The van der Waals surface area contributed by atoms with E-state index in [-0.39, 0.29) is 0 Å². The Balaban J connectivity index is 1.61. The lowest BCUT2D eigenvalue weighted by Crippen LogP contribution is -2.47. The third-order valence-corrected chi connectivity index (χ3v) is 4.49. The molecule has 0 saturated carbocycles. The maximum absolute atomic E-state index is 5.91. The first-order chi connectivity index (χ1) is 11.3. The maximum atomic E-state index is 5.91. The van der Waals surface area contributed by atoms with Crippen molar-refractivity contribution < 1.29 is 9.47 Å². The summed E-state index contributed by atoms with van der Waals surface area (Å²) in [7, 11) is 1.72. The molecular formula is C18H27N3O2. The minimum Gasteiger partial charge on any atom is -0.380 e. The summed E-state index contributed by atoms with van der Waals surface area (Å²) in [5.74, 6) is 0.880. The summed E-state index contributed by atoms with van der Waals surface area (Å²) < 4.78 is 11.1. The molecule has 2 aliphatic heterocycles. The summed E-state index contributed by atoms with van der Waals surface area (Å²) in [4.78, 5) is 4.73. The Kier molecular flexibility index (Phi) is 5.51. The number of fused-ring (bicyclic) bond motifs is 2. The molecule has 0 spiro atoms. The predicted molar refractivity (Wildman–Crippen MR) is 91.4 cm³/mol. The van der Waals surface area contributed by atoms with Gasteiger partial charge in [0, 0.05) is 13.7 Å². The van der Waals surface area contributed by atoms with Gasteiger partial charge in [0.1, 0.15) is 0 Å². The molecule has 1 aromatic carbocycles. The van der Waals surface area contributed by atoms with E-state index in [9.17, 15) is 0 Å². The van der Waals surface area contributed by atoms with Crippen LogP contribution in [0.4, 0.5) is 0 Å². The second-order valence-corrected chi connectivity index (χ2v) is 6.31. The molecule has 2 heterocycles. The van der Waals surface area contributed by atoms with E-state index in [4.69, 9.17) is 14.5 Å². The van der Waals surface area contributed by atoms with Gasteiger partial charge in [0.05, 0.1) is 31.4 Å². The van der Waals surface area contributed by atoms with Gasteiger partial charge in [-0.2, -0.15) is 0 Å². The molecular weight excluding hydrogens is 290 g/mol. The maximum Gasteiger partial charge on any atom is 0.191 e. The van der Waals surface area contributed by atoms with Crippen LogP contribution in [0.15, 0.2) is 29.3 Å². The highest BCUT2D eigenvalue weighted by Gasteiger charge is 2.41. The molecule has 0 aromatic heterocycles. The van der Waals surface area contributed by atoms with Crippen molar-refractivity contribution in [3.63, 3.8) is 0 Å². The standard InChI is InChI=1S/C18H27N3O2/c1-3-19-18(21-16-10-15-7-8-17(16)23-15)20-11-13-5-4-6-14(9-13)12-22-2/h4-6,9,15-17H,3,7-8,10-12H2,1-2H3,(H2,19,20,21). The van der Waals surface area contributed by atoms with Gasteiger partial charge in [-0.15, -0.1) is 0 Å². The number of nitrogens with zero attached hydrogens (tertiary/aromatic N) is 1. The van der Waals surface area contributed by atoms with Gasteiger partial charge in [0.25, 0.3) is 0 Å². The molecule has 2 saturated heterocycles. The van der Waals surface area contributed by atoms with Gasteiger partial charge in [0.2, 0.25) is 0 Å². The Morgan fingerprint density at radius 1 is 1.35 bits per heavy atom. The van der Waals surface area contributed by atoms with Crippen molar-refractivity contribution in [1.29, 1.82) is 0 Å². The van der Waals surface area contributed by atoms with Gasteiger partial charge < -0.3 is 20.1 Å². The number of ether oxygens (including phenoxy) is 2. The van der Waals surface area contributed by atoms with Crippen LogP contribution in [0.2, 0.25) is 0 Å². The summed E-state index contributed by atoms with van der Waals surface area (Å²) in [6, 6.07) is 8.78. The molecule has 3 rings (SSSR count). The zero-order valence-corrected chi connectivity index (χ0v) is 14.0. The molecule has 3 unspecified atom stereocenters. The molecule has 1 aromatic rings. The third-order valence-electron chi connectivity index (χ3n) is 4.49. The lowest BCUT2D eigenvalue weighted by atomic mass is 9.96. The van der Waals surface area contributed by atoms with Crippen LogP contribution < -0.4 is 10.6 Å². The number of nitrogens with one attached hydrogen (secondary N) is 2. The zero-order chi connectivity index (χ0) is 16.1. The van der Waals surface area contributed by atoms with Crippen LogP contribution in [0.25, 0.3) is 0 Å². The van der Waals surface area contributed by atoms with Crippen molar-refractivity contribution in [2.24, 2.45) is 4.99 Å². The van der Waals surface area contributed by atoms with Crippen molar-refractivity contribution in [3.8, 4) is 0 Å². The Morgan fingerprint density at radius 2 is 2.22 bits per heavy atom. The van der Waals surface area contributed by atoms with Crippen molar-refractivity contribution in [2.45, 2.75) is 57.6 Å². The van der Waals surface area contributed by atoms with Crippen LogP contribution >= 0.6 is 0 Å². The van der Waals surface area contributed by atoms with Crippen molar-refractivity contribution in [2.75, 3.05) is 13.7 Å². The number of aliphatic imine (C=N–C) groups is 1. The van der Waals surface area contributed by atoms with E-state index in [0.29, 0.717) is 31.4 Å². The Hall–Kier alpha value is -1.59. The van der Waals surface area contributed by atoms with E-state index >= 15 is 0 Å². The second kappa shape index (κ2) is 7.79. The van der Waals surface area contributed by atoms with Crippen molar-refractivity contribution in [1.82, 2.24) is 10.6 Å². The van der Waals surface area contributed by atoms with Gasteiger partial charge in [-0.25, -0.2) is 4.99 Å². The largest absolute Gasteiger partial charge is 0.380 e. The van der Waals surface area contributed by atoms with Crippen LogP contribution in [0.3, 0.4) is 0 Å². The molecule has 5 heteroatoms. The lowest BCUT2D eigenvalue weighted by Gasteiger charge is -2.22. The molecule has 0 radical (unpaired) electrons. The summed E-state index contributed by atoms with van der Waals surface area (Å²) in [5, 5.41) is 6.89. The second-order valence-electron chi connectivity index (χ2n) is 6.31. The molecule has 126 valence electrons. The first-order valence-electron chi connectivity index (χ1n) is 8.55. The Bertz CT molecular complexity index is 547. The highest BCUT2D eigenvalue weighted by atomic mass is 16.5. The van der Waals surface area contributed by atoms with E-state index in [2.05, 4.69) is 41.8 Å². The van der Waals surface area contributed by atoms with E-state index in [1.54, 1.807) is 7.11 Å². The van der Waals surface area contributed by atoms with Gasteiger partial charge in [-0.05, 0) is 37.3 Å². The summed E-state index contributed by atoms with van der Waals surface area (Å²) in [5.41, 5.74) is 2.38. The predicted octanol–water partition coefficient (Wildman–Crippen LogP) is 2.21.